The number of hydrogen-bond donors (Lipinski definition) is 2. The van der Waals surface area contributed by atoms with Crippen LogP contribution < -0.4 is 10.2 Å². The molecular weight excluding hydrogens is 250 g/mol. The molecule has 0 spiro atoms. The van der Waals surface area contributed by atoms with Gasteiger partial charge in [-0.05, 0) is 30.3 Å². The molecule has 0 radical (unpaired) electrons. The maximum atomic E-state index is 5.11. The second-order valence-electron chi connectivity index (χ2n) is 4.39. The molecule has 0 aliphatic rings. The number of para-hydroxylation sites is 1. The number of rotatable bonds is 4. The fraction of sp³-hybridized carbons (Fsp3) is 0.0625. The molecule has 100 valence electrons. The van der Waals surface area contributed by atoms with Crippen LogP contribution in [0, 0.1) is 0 Å². The summed E-state index contributed by atoms with van der Waals surface area (Å²) in [4.78, 5) is 3.22. The summed E-state index contributed by atoms with van der Waals surface area (Å²) in [6.45, 7) is 0. The highest BCUT2D eigenvalue weighted by atomic mass is 16.5. The Morgan fingerprint density at radius 1 is 1.10 bits per heavy atom. The second kappa shape index (κ2) is 5.48. The van der Waals surface area contributed by atoms with Gasteiger partial charge >= 0.3 is 0 Å². The Labute approximate surface area is 117 Å². The number of H-pyrrole nitrogens is 1. The number of aromatic amines is 1. The van der Waals surface area contributed by atoms with Gasteiger partial charge in [-0.15, -0.1) is 0 Å². The SMILES string of the molecule is COc1ccc(N/N=C/c2c[nH]c3ccccc23)cc1. The summed E-state index contributed by atoms with van der Waals surface area (Å²) in [5.41, 5.74) is 6.08. The van der Waals surface area contributed by atoms with E-state index in [9.17, 15) is 0 Å². The van der Waals surface area contributed by atoms with E-state index in [1.54, 1.807) is 7.11 Å². The van der Waals surface area contributed by atoms with Crippen molar-refractivity contribution >= 4 is 22.8 Å². The smallest absolute Gasteiger partial charge is 0.119 e. The molecule has 0 saturated carbocycles. The number of hydrazone groups is 1. The van der Waals surface area contributed by atoms with Crippen molar-refractivity contribution in [3.63, 3.8) is 0 Å². The van der Waals surface area contributed by atoms with Gasteiger partial charge in [0.15, 0.2) is 0 Å². The Morgan fingerprint density at radius 2 is 1.90 bits per heavy atom. The van der Waals surface area contributed by atoms with Gasteiger partial charge in [0.1, 0.15) is 5.75 Å². The van der Waals surface area contributed by atoms with Crippen LogP contribution in [-0.4, -0.2) is 18.3 Å². The fourth-order valence-electron chi connectivity index (χ4n) is 2.04. The topological polar surface area (TPSA) is 49.4 Å². The van der Waals surface area contributed by atoms with E-state index in [0.717, 1.165) is 27.9 Å². The van der Waals surface area contributed by atoms with Gasteiger partial charge in [-0.2, -0.15) is 5.10 Å². The van der Waals surface area contributed by atoms with Crippen molar-refractivity contribution in [3.05, 3.63) is 60.3 Å². The molecule has 0 fully saturated rings. The summed E-state index contributed by atoms with van der Waals surface area (Å²) in [6.07, 6.45) is 3.76. The summed E-state index contributed by atoms with van der Waals surface area (Å²) in [5, 5.41) is 5.41. The number of anilines is 1. The standard InChI is InChI=1S/C16H15N3O/c1-20-14-8-6-13(7-9-14)19-18-11-12-10-17-16-5-3-2-4-15(12)16/h2-11,17,19H,1H3/b18-11+. The number of nitrogens with zero attached hydrogens (tertiary/aromatic N) is 1. The molecule has 20 heavy (non-hydrogen) atoms. The van der Waals surface area contributed by atoms with Gasteiger partial charge in [0, 0.05) is 22.7 Å². The molecule has 4 heteroatoms. The van der Waals surface area contributed by atoms with Crippen LogP contribution >= 0.6 is 0 Å². The first kappa shape index (κ1) is 12.3. The first-order valence-electron chi connectivity index (χ1n) is 6.36. The Hall–Kier alpha value is -2.75. The van der Waals surface area contributed by atoms with Crippen molar-refractivity contribution in [2.24, 2.45) is 5.10 Å². The minimum absolute atomic E-state index is 0.830. The van der Waals surface area contributed by atoms with Crippen LogP contribution in [0.4, 0.5) is 5.69 Å². The van der Waals surface area contributed by atoms with E-state index in [1.807, 2.05) is 54.9 Å². The van der Waals surface area contributed by atoms with Gasteiger partial charge in [-0.3, -0.25) is 5.43 Å². The van der Waals surface area contributed by atoms with Crippen molar-refractivity contribution in [1.82, 2.24) is 4.98 Å². The maximum absolute atomic E-state index is 5.11. The minimum Gasteiger partial charge on any atom is -0.497 e. The lowest BCUT2D eigenvalue weighted by Crippen LogP contribution is -1.90. The van der Waals surface area contributed by atoms with E-state index < -0.39 is 0 Å². The molecule has 0 aliphatic heterocycles. The number of benzene rings is 2. The molecule has 3 aromatic rings. The number of nitrogens with one attached hydrogen (secondary N) is 2. The minimum atomic E-state index is 0.830. The Bertz CT molecular complexity index is 729. The lowest BCUT2D eigenvalue weighted by atomic mass is 10.2. The highest BCUT2D eigenvalue weighted by Gasteiger charge is 1.99. The molecule has 3 rings (SSSR count). The molecule has 4 nitrogen and oxygen atoms in total. The van der Waals surface area contributed by atoms with Crippen LogP contribution in [-0.2, 0) is 0 Å². The number of hydrogen-bond acceptors (Lipinski definition) is 3. The molecule has 0 unspecified atom stereocenters. The second-order valence-corrected chi connectivity index (χ2v) is 4.39. The summed E-state index contributed by atoms with van der Waals surface area (Å²) < 4.78 is 5.11. The van der Waals surface area contributed by atoms with Gasteiger partial charge in [0.05, 0.1) is 19.0 Å². The van der Waals surface area contributed by atoms with Gasteiger partial charge in [0.25, 0.3) is 0 Å². The van der Waals surface area contributed by atoms with Gasteiger partial charge in [-0.25, -0.2) is 0 Å². The lowest BCUT2D eigenvalue weighted by molar-refractivity contribution is 0.415. The van der Waals surface area contributed by atoms with Crippen molar-refractivity contribution in [1.29, 1.82) is 0 Å². The van der Waals surface area contributed by atoms with Crippen molar-refractivity contribution in [3.8, 4) is 5.75 Å². The van der Waals surface area contributed by atoms with Crippen molar-refractivity contribution < 1.29 is 4.74 Å². The van der Waals surface area contributed by atoms with Crippen LogP contribution in [0.25, 0.3) is 10.9 Å². The zero-order valence-electron chi connectivity index (χ0n) is 11.1. The highest BCUT2D eigenvalue weighted by Crippen LogP contribution is 2.17. The van der Waals surface area contributed by atoms with Crippen LogP contribution in [0.1, 0.15) is 5.56 Å². The number of methoxy groups -OCH3 is 1. The fourth-order valence-corrected chi connectivity index (χ4v) is 2.04. The van der Waals surface area contributed by atoms with Gasteiger partial charge < -0.3 is 9.72 Å². The van der Waals surface area contributed by atoms with E-state index in [4.69, 9.17) is 4.74 Å². The van der Waals surface area contributed by atoms with Crippen molar-refractivity contribution in [2.45, 2.75) is 0 Å². The predicted molar refractivity (Wildman–Crippen MR) is 82.5 cm³/mol. The maximum Gasteiger partial charge on any atom is 0.119 e. The van der Waals surface area contributed by atoms with E-state index in [1.165, 1.54) is 0 Å². The van der Waals surface area contributed by atoms with Crippen LogP contribution in [0.3, 0.4) is 0 Å². The summed E-state index contributed by atoms with van der Waals surface area (Å²) >= 11 is 0. The normalized spacial score (nSPS) is 11.1. The molecule has 0 atom stereocenters. The van der Waals surface area contributed by atoms with E-state index >= 15 is 0 Å². The zero-order valence-corrected chi connectivity index (χ0v) is 11.1. The third-order valence-electron chi connectivity index (χ3n) is 3.11. The van der Waals surface area contributed by atoms with E-state index in [2.05, 4.69) is 21.6 Å². The predicted octanol–water partition coefficient (Wildman–Crippen LogP) is 3.62. The first-order valence-corrected chi connectivity index (χ1v) is 6.36. The molecule has 2 N–H and O–H groups in total. The molecule has 0 bridgehead atoms. The average Bonchev–Trinajstić information content (AvgIpc) is 2.92. The highest BCUT2D eigenvalue weighted by molar-refractivity contribution is 5.99. The monoisotopic (exact) mass is 265 g/mol. The van der Waals surface area contributed by atoms with Crippen molar-refractivity contribution in [2.75, 3.05) is 12.5 Å². The first-order chi connectivity index (χ1) is 9.86. The number of ether oxygens (including phenoxy) is 1. The number of aromatic nitrogens is 1. The third kappa shape index (κ3) is 2.49. The molecular formula is C16H15N3O. The van der Waals surface area contributed by atoms with Gasteiger partial charge in [-0.1, -0.05) is 18.2 Å². The molecule has 1 aromatic heterocycles. The van der Waals surface area contributed by atoms with Crippen LogP contribution in [0.15, 0.2) is 59.8 Å². The van der Waals surface area contributed by atoms with E-state index in [-0.39, 0.29) is 0 Å². The molecule has 0 amide bonds. The number of fused-ring (bicyclic) bond motifs is 1. The van der Waals surface area contributed by atoms with Gasteiger partial charge in [0.2, 0.25) is 0 Å². The molecule has 1 heterocycles. The zero-order chi connectivity index (χ0) is 13.8. The Morgan fingerprint density at radius 3 is 2.70 bits per heavy atom. The molecule has 0 aliphatic carbocycles. The molecule has 0 saturated heterocycles. The quantitative estimate of drug-likeness (QED) is 0.559. The average molecular weight is 265 g/mol. The Balaban J connectivity index is 1.73. The Kier molecular flexibility index (Phi) is 3.37. The summed E-state index contributed by atoms with van der Waals surface area (Å²) in [5.74, 6) is 0.830. The summed E-state index contributed by atoms with van der Waals surface area (Å²) in [7, 11) is 1.65. The summed E-state index contributed by atoms with van der Waals surface area (Å²) in [6, 6.07) is 15.8. The van der Waals surface area contributed by atoms with E-state index in [0.29, 0.717) is 0 Å². The largest absolute Gasteiger partial charge is 0.497 e. The third-order valence-corrected chi connectivity index (χ3v) is 3.11. The van der Waals surface area contributed by atoms with Crippen LogP contribution in [0.2, 0.25) is 0 Å². The lowest BCUT2D eigenvalue weighted by Gasteiger charge is -2.02. The molecule has 2 aromatic carbocycles. The van der Waals surface area contributed by atoms with Crippen LogP contribution in [0.5, 0.6) is 5.75 Å².